The molecule has 0 unspecified atom stereocenters. The molecule has 2 heteroatoms. The van der Waals surface area contributed by atoms with E-state index in [0.717, 1.165) is 29.6 Å². The summed E-state index contributed by atoms with van der Waals surface area (Å²) in [5.41, 5.74) is 7.66. The quantitative estimate of drug-likeness (QED) is 0.628. The Kier molecular flexibility index (Phi) is 2.54. The molecule has 1 aromatic rings. The molecule has 4 aliphatic carbocycles. The van der Waals surface area contributed by atoms with Crippen LogP contribution in [0.15, 0.2) is 18.2 Å². The summed E-state index contributed by atoms with van der Waals surface area (Å²) in [6.07, 6.45) is 8.60. The van der Waals surface area contributed by atoms with Crippen LogP contribution in [0.4, 0.5) is 5.69 Å². The van der Waals surface area contributed by atoms with E-state index in [-0.39, 0.29) is 5.75 Å². The van der Waals surface area contributed by atoms with Gasteiger partial charge in [0.05, 0.1) is 5.69 Å². The molecule has 1 aromatic carbocycles. The summed E-state index contributed by atoms with van der Waals surface area (Å²) in [6.45, 7) is 0. The van der Waals surface area contributed by atoms with Crippen molar-refractivity contribution in [3.8, 4) is 5.75 Å². The number of rotatable bonds is 2. The van der Waals surface area contributed by atoms with Crippen molar-refractivity contribution in [3.63, 3.8) is 0 Å². The van der Waals surface area contributed by atoms with Gasteiger partial charge in [-0.25, -0.2) is 0 Å². The summed E-state index contributed by atoms with van der Waals surface area (Å²) < 4.78 is 0. The number of hydrogen-bond donors (Lipinski definition) is 2. The van der Waals surface area contributed by atoms with Crippen LogP contribution in [-0.2, 0) is 6.42 Å². The number of phenols is 1. The number of nitrogen functional groups attached to an aromatic ring is 1. The molecule has 4 bridgehead atoms. The summed E-state index contributed by atoms with van der Waals surface area (Å²) in [6, 6.07) is 5.78. The highest BCUT2D eigenvalue weighted by molar-refractivity contribution is 5.53. The van der Waals surface area contributed by atoms with Gasteiger partial charge in [-0.05, 0) is 85.8 Å². The van der Waals surface area contributed by atoms with Gasteiger partial charge < -0.3 is 10.8 Å². The maximum absolute atomic E-state index is 9.53. The fourth-order valence-corrected chi connectivity index (χ4v) is 5.37. The summed E-state index contributed by atoms with van der Waals surface area (Å²) in [5.74, 6) is 5.11. The zero-order chi connectivity index (χ0) is 13.0. The van der Waals surface area contributed by atoms with E-state index in [2.05, 4.69) is 6.07 Å². The highest BCUT2D eigenvalue weighted by atomic mass is 16.3. The van der Waals surface area contributed by atoms with E-state index in [1.807, 2.05) is 6.07 Å². The van der Waals surface area contributed by atoms with E-state index in [1.54, 1.807) is 6.07 Å². The molecule has 0 amide bonds. The molecule has 0 atom stereocenters. The van der Waals surface area contributed by atoms with Gasteiger partial charge in [0.1, 0.15) is 5.75 Å². The van der Waals surface area contributed by atoms with Gasteiger partial charge in [0.15, 0.2) is 0 Å². The Morgan fingerprint density at radius 1 is 1.00 bits per heavy atom. The minimum Gasteiger partial charge on any atom is -0.506 e. The fraction of sp³-hybridized carbons (Fsp3) is 0.647. The molecule has 0 spiro atoms. The Morgan fingerprint density at radius 2 is 1.63 bits per heavy atom. The molecule has 4 saturated carbocycles. The second kappa shape index (κ2) is 4.16. The Morgan fingerprint density at radius 3 is 2.21 bits per heavy atom. The monoisotopic (exact) mass is 257 g/mol. The SMILES string of the molecule is Nc1cc(CC2C3CC4CC(C3)CC2C4)ccc1O. The van der Waals surface area contributed by atoms with E-state index < -0.39 is 0 Å². The van der Waals surface area contributed by atoms with Crippen LogP contribution in [0.5, 0.6) is 5.75 Å². The van der Waals surface area contributed by atoms with E-state index in [9.17, 15) is 5.11 Å². The predicted octanol–water partition coefficient (Wildman–Crippen LogP) is 3.59. The van der Waals surface area contributed by atoms with Crippen molar-refractivity contribution in [2.24, 2.45) is 29.6 Å². The second-order valence-electron chi connectivity index (χ2n) is 7.19. The maximum atomic E-state index is 9.53. The van der Waals surface area contributed by atoms with Crippen molar-refractivity contribution >= 4 is 5.69 Å². The zero-order valence-corrected chi connectivity index (χ0v) is 11.4. The van der Waals surface area contributed by atoms with Crippen LogP contribution in [0.1, 0.15) is 37.7 Å². The van der Waals surface area contributed by atoms with Crippen LogP contribution >= 0.6 is 0 Å². The molecule has 102 valence electrons. The number of benzene rings is 1. The lowest BCUT2D eigenvalue weighted by atomic mass is 9.51. The van der Waals surface area contributed by atoms with Crippen molar-refractivity contribution in [1.29, 1.82) is 0 Å². The number of phenolic OH excluding ortho intramolecular Hbond substituents is 1. The molecular formula is C17H23NO. The van der Waals surface area contributed by atoms with Gasteiger partial charge in [-0.15, -0.1) is 0 Å². The predicted molar refractivity (Wildman–Crippen MR) is 76.8 cm³/mol. The summed E-state index contributed by atoms with van der Waals surface area (Å²) in [5, 5.41) is 9.53. The average molecular weight is 257 g/mol. The molecule has 2 nitrogen and oxygen atoms in total. The molecule has 0 radical (unpaired) electrons. The Hall–Kier alpha value is -1.18. The lowest BCUT2D eigenvalue weighted by molar-refractivity contribution is -0.0359. The van der Waals surface area contributed by atoms with E-state index in [1.165, 1.54) is 44.1 Å². The first-order valence-corrected chi connectivity index (χ1v) is 7.76. The van der Waals surface area contributed by atoms with Gasteiger partial charge in [0.2, 0.25) is 0 Å². The standard InChI is InChI=1S/C17H23NO/c18-16-9-10(1-2-17(16)19)8-15-13-4-11-3-12(6-13)7-14(15)5-11/h1-2,9,11-15,19H,3-8,18H2. The van der Waals surface area contributed by atoms with Gasteiger partial charge in [0.25, 0.3) is 0 Å². The fourth-order valence-electron chi connectivity index (χ4n) is 5.37. The first-order chi connectivity index (χ1) is 9.19. The summed E-state index contributed by atoms with van der Waals surface area (Å²) >= 11 is 0. The normalized spacial score (nSPS) is 39.7. The summed E-state index contributed by atoms with van der Waals surface area (Å²) in [4.78, 5) is 0. The molecule has 4 aliphatic rings. The van der Waals surface area contributed by atoms with Crippen LogP contribution in [0.3, 0.4) is 0 Å². The number of aromatic hydroxyl groups is 1. The Labute approximate surface area is 115 Å². The molecule has 0 aliphatic heterocycles. The van der Waals surface area contributed by atoms with Crippen molar-refractivity contribution in [2.75, 3.05) is 5.73 Å². The Bertz CT molecular complexity index is 468. The molecule has 5 rings (SSSR count). The number of anilines is 1. The van der Waals surface area contributed by atoms with Crippen LogP contribution in [0, 0.1) is 29.6 Å². The highest BCUT2D eigenvalue weighted by Crippen LogP contribution is 2.57. The average Bonchev–Trinajstić information content (AvgIpc) is 2.37. The third kappa shape index (κ3) is 1.92. The van der Waals surface area contributed by atoms with Crippen molar-refractivity contribution in [3.05, 3.63) is 23.8 Å². The minimum absolute atomic E-state index is 0.217. The van der Waals surface area contributed by atoms with Gasteiger partial charge in [-0.2, -0.15) is 0 Å². The van der Waals surface area contributed by atoms with Gasteiger partial charge in [-0.1, -0.05) is 6.07 Å². The molecule has 0 aromatic heterocycles. The molecule has 19 heavy (non-hydrogen) atoms. The minimum atomic E-state index is 0.217. The van der Waals surface area contributed by atoms with Crippen LogP contribution < -0.4 is 5.73 Å². The topological polar surface area (TPSA) is 46.2 Å². The number of hydrogen-bond acceptors (Lipinski definition) is 2. The first-order valence-electron chi connectivity index (χ1n) is 7.76. The van der Waals surface area contributed by atoms with E-state index in [0.29, 0.717) is 5.69 Å². The van der Waals surface area contributed by atoms with E-state index in [4.69, 9.17) is 5.73 Å². The molecule has 4 fully saturated rings. The zero-order valence-electron chi connectivity index (χ0n) is 11.4. The van der Waals surface area contributed by atoms with Crippen LogP contribution in [0.25, 0.3) is 0 Å². The third-order valence-electron chi connectivity index (χ3n) is 5.99. The van der Waals surface area contributed by atoms with Crippen molar-refractivity contribution < 1.29 is 5.11 Å². The maximum Gasteiger partial charge on any atom is 0.138 e. The third-order valence-corrected chi connectivity index (χ3v) is 5.99. The molecule has 3 N–H and O–H groups in total. The first kappa shape index (κ1) is 11.6. The van der Waals surface area contributed by atoms with Crippen molar-refractivity contribution in [1.82, 2.24) is 0 Å². The molecule has 0 saturated heterocycles. The van der Waals surface area contributed by atoms with Gasteiger partial charge in [-0.3, -0.25) is 0 Å². The lowest BCUT2D eigenvalue weighted by Gasteiger charge is -2.54. The summed E-state index contributed by atoms with van der Waals surface area (Å²) in [7, 11) is 0. The van der Waals surface area contributed by atoms with Crippen LogP contribution in [-0.4, -0.2) is 5.11 Å². The molecular weight excluding hydrogens is 234 g/mol. The van der Waals surface area contributed by atoms with Gasteiger partial charge in [0, 0.05) is 0 Å². The van der Waals surface area contributed by atoms with Crippen LogP contribution in [0.2, 0.25) is 0 Å². The smallest absolute Gasteiger partial charge is 0.138 e. The van der Waals surface area contributed by atoms with Gasteiger partial charge >= 0.3 is 0 Å². The number of nitrogens with two attached hydrogens (primary N) is 1. The lowest BCUT2D eigenvalue weighted by Crippen LogP contribution is -2.45. The Balaban J connectivity index is 1.55. The molecule has 0 heterocycles. The van der Waals surface area contributed by atoms with Crippen molar-refractivity contribution in [2.45, 2.75) is 38.5 Å². The highest BCUT2D eigenvalue weighted by Gasteiger charge is 2.47. The largest absolute Gasteiger partial charge is 0.506 e. The van der Waals surface area contributed by atoms with E-state index >= 15 is 0 Å². The second-order valence-corrected chi connectivity index (χ2v) is 7.19.